The van der Waals surface area contributed by atoms with E-state index in [9.17, 15) is 9.90 Å². The first-order valence-corrected chi connectivity index (χ1v) is 12.9. The zero-order valence-corrected chi connectivity index (χ0v) is 19.6. The Morgan fingerprint density at radius 2 is 1.86 bits per heavy atom. The number of benzene rings is 1. The molecule has 0 saturated carbocycles. The summed E-state index contributed by atoms with van der Waals surface area (Å²) in [6.07, 6.45) is 0.748. The van der Waals surface area contributed by atoms with Crippen LogP contribution in [0.3, 0.4) is 0 Å². The molecule has 0 bridgehead atoms. The van der Waals surface area contributed by atoms with Gasteiger partial charge in [0.05, 0.1) is 5.92 Å². The molecule has 0 aromatic heterocycles. The van der Waals surface area contributed by atoms with E-state index in [2.05, 4.69) is 0 Å². The average Bonchev–Trinajstić information content (AvgIpc) is 2.66. The first kappa shape index (κ1) is 25.1. The van der Waals surface area contributed by atoms with Gasteiger partial charge in [-0.2, -0.15) is 0 Å². The summed E-state index contributed by atoms with van der Waals surface area (Å²) in [7, 11) is 1.20. The van der Waals surface area contributed by atoms with Gasteiger partial charge in [0.2, 0.25) is 5.79 Å². The van der Waals surface area contributed by atoms with Crippen molar-refractivity contribution in [2.45, 2.75) is 50.5 Å². The van der Waals surface area contributed by atoms with E-state index in [1.807, 2.05) is 37.7 Å². The van der Waals surface area contributed by atoms with Gasteiger partial charge in [-0.3, -0.25) is 4.79 Å². The van der Waals surface area contributed by atoms with Gasteiger partial charge < -0.3 is 23.4 Å². The van der Waals surface area contributed by atoms with E-state index in [1.165, 1.54) is 12.5 Å². The summed E-state index contributed by atoms with van der Waals surface area (Å²) in [5.74, 6) is -1.85. The molecule has 2 unspecified atom stereocenters. The summed E-state index contributed by atoms with van der Waals surface area (Å²) >= 11 is 1.59. The molecule has 2 atom stereocenters. The van der Waals surface area contributed by atoms with Gasteiger partial charge in [-0.05, 0) is 38.1 Å². The lowest BCUT2D eigenvalue weighted by molar-refractivity contribution is -0.222. The molecule has 1 aromatic rings. The Bertz CT molecular complexity index is 589. The molecule has 0 heterocycles. The molecule has 28 heavy (non-hydrogen) atoms. The highest BCUT2D eigenvalue weighted by Crippen LogP contribution is 2.22. The van der Waals surface area contributed by atoms with Crippen LogP contribution in [0.4, 0.5) is 0 Å². The maximum Gasteiger partial charge on any atom is 0.334 e. The summed E-state index contributed by atoms with van der Waals surface area (Å²) in [5, 5.41) is 10.3. The SMILES string of the molecule is CO[Si](C)(CCCOCC(C)(O)OC(=O)C(C)CSc1ccc(C)cc1)OC. The van der Waals surface area contributed by atoms with Crippen molar-refractivity contribution in [1.82, 2.24) is 0 Å². The third kappa shape index (κ3) is 9.53. The highest BCUT2D eigenvalue weighted by molar-refractivity contribution is 7.99. The van der Waals surface area contributed by atoms with Gasteiger partial charge in [0.1, 0.15) is 6.61 Å². The first-order chi connectivity index (χ1) is 13.1. The Morgan fingerprint density at radius 1 is 1.25 bits per heavy atom. The van der Waals surface area contributed by atoms with Gasteiger partial charge >= 0.3 is 14.5 Å². The smallest absolute Gasteiger partial charge is 0.334 e. The van der Waals surface area contributed by atoms with Gasteiger partial charge in [-0.15, -0.1) is 11.8 Å². The summed E-state index contributed by atoms with van der Waals surface area (Å²) < 4.78 is 21.5. The topological polar surface area (TPSA) is 74.2 Å². The molecule has 0 saturated heterocycles. The van der Waals surface area contributed by atoms with Crippen LogP contribution in [0.15, 0.2) is 29.2 Å². The minimum atomic E-state index is -2.10. The molecule has 8 heteroatoms. The van der Waals surface area contributed by atoms with Gasteiger partial charge in [0, 0.05) is 38.4 Å². The molecular weight excluding hydrogens is 396 g/mol. The van der Waals surface area contributed by atoms with Crippen LogP contribution in [0.25, 0.3) is 0 Å². The molecule has 0 spiro atoms. The minimum Gasteiger partial charge on any atom is -0.431 e. The average molecular weight is 431 g/mol. The van der Waals surface area contributed by atoms with Crippen LogP contribution in [0.1, 0.15) is 25.8 Å². The standard InChI is InChI=1S/C20H34O6SSi/c1-16-8-10-18(11-9-16)27-14-17(2)19(21)26-20(3,22)15-25-12-7-13-28(6,23-4)24-5/h8-11,17,22H,7,12-15H2,1-6H3. The molecule has 160 valence electrons. The number of carbonyl (C=O) groups is 1. The Labute approximate surface area is 174 Å². The molecule has 0 aliphatic carbocycles. The third-order valence-electron chi connectivity index (χ3n) is 4.40. The molecule has 0 radical (unpaired) electrons. The molecular formula is C20H34O6SSi. The Morgan fingerprint density at radius 3 is 2.43 bits per heavy atom. The molecule has 0 aliphatic heterocycles. The minimum absolute atomic E-state index is 0.0746. The van der Waals surface area contributed by atoms with Gasteiger partial charge in [0.25, 0.3) is 0 Å². The second kappa shape index (κ2) is 11.9. The summed E-state index contributed by atoms with van der Waals surface area (Å²) in [4.78, 5) is 13.4. The Kier molecular flexibility index (Phi) is 10.7. The monoisotopic (exact) mass is 430 g/mol. The maximum absolute atomic E-state index is 12.3. The van der Waals surface area contributed by atoms with Crippen LogP contribution in [0, 0.1) is 12.8 Å². The number of carbonyl (C=O) groups excluding carboxylic acids is 1. The molecule has 1 aromatic carbocycles. The molecule has 1 N–H and O–H groups in total. The van der Waals surface area contributed by atoms with E-state index in [1.54, 1.807) is 32.9 Å². The molecule has 1 rings (SSSR count). The predicted octanol–water partition coefficient (Wildman–Crippen LogP) is 3.75. The number of hydrogen-bond acceptors (Lipinski definition) is 7. The number of esters is 1. The fraction of sp³-hybridized carbons (Fsp3) is 0.650. The van der Waals surface area contributed by atoms with E-state index in [0.29, 0.717) is 12.4 Å². The highest BCUT2D eigenvalue weighted by atomic mass is 32.2. The van der Waals surface area contributed by atoms with Crippen LogP contribution in [0.2, 0.25) is 12.6 Å². The van der Waals surface area contributed by atoms with Crippen molar-refractivity contribution in [2.24, 2.45) is 5.92 Å². The van der Waals surface area contributed by atoms with Gasteiger partial charge in [-0.1, -0.05) is 24.6 Å². The summed E-state index contributed by atoms with van der Waals surface area (Å²) in [6, 6.07) is 8.93. The molecule has 0 fully saturated rings. The van der Waals surface area contributed by atoms with E-state index >= 15 is 0 Å². The lowest BCUT2D eigenvalue weighted by atomic mass is 10.2. The van der Waals surface area contributed by atoms with Crippen molar-refractivity contribution in [1.29, 1.82) is 0 Å². The number of hydrogen-bond donors (Lipinski definition) is 1. The van der Waals surface area contributed by atoms with Gasteiger partial charge in [-0.25, -0.2) is 0 Å². The number of aliphatic hydroxyl groups is 1. The highest BCUT2D eigenvalue weighted by Gasteiger charge is 2.30. The Balaban J connectivity index is 2.31. The van der Waals surface area contributed by atoms with Crippen molar-refractivity contribution >= 4 is 26.3 Å². The lowest BCUT2D eigenvalue weighted by Gasteiger charge is -2.26. The third-order valence-corrected chi connectivity index (χ3v) is 8.66. The van der Waals surface area contributed by atoms with Crippen molar-refractivity contribution < 1.29 is 28.2 Å². The fourth-order valence-corrected chi connectivity index (χ4v) is 4.58. The van der Waals surface area contributed by atoms with Crippen molar-refractivity contribution in [2.75, 3.05) is 33.2 Å². The number of thioether (sulfide) groups is 1. The summed E-state index contributed by atoms with van der Waals surface area (Å²) in [5.41, 5.74) is 1.20. The quantitative estimate of drug-likeness (QED) is 0.168. The first-order valence-electron chi connectivity index (χ1n) is 9.43. The van der Waals surface area contributed by atoms with Crippen LogP contribution in [0.5, 0.6) is 0 Å². The molecule has 0 amide bonds. The van der Waals surface area contributed by atoms with Crippen molar-refractivity contribution in [3.8, 4) is 0 Å². The lowest BCUT2D eigenvalue weighted by Crippen LogP contribution is -2.39. The van der Waals surface area contributed by atoms with Crippen LogP contribution >= 0.6 is 11.8 Å². The van der Waals surface area contributed by atoms with E-state index in [4.69, 9.17) is 18.3 Å². The molecule has 0 aliphatic rings. The van der Waals surface area contributed by atoms with Gasteiger partial charge in [0.15, 0.2) is 0 Å². The number of ether oxygens (including phenoxy) is 2. The fourth-order valence-electron chi connectivity index (χ4n) is 2.31. The van der Waals surface area contributed by atoms with Crippen molar-refractivity contribution in [3.63, 3.8) is 0 Å². The van der Waals surface area contributed by atoms with Crippen LogP contribution in [-0.4, -0.2) is 58.6 Å². The summed E-state index contributed by atoms with van der Waals surface area (Å²) in [6.45, 7) is 7.61. The van der Waals surface area contributed by atoms with Crippen LogP contribution < -0.4 is 0 Å². The Hall–Kier alpha value is -0.903. The van der Waals surface area contributed by atoms with E-state index in [0.717, 1.165) is 17.4 Å². The second-order valence-corrected chi connectivity index (χ2v) is 12.0. The molecule has 6 nitrogen and oxygen atoms in total. The second-order valence-electron chi connectivity index (χ2n) is 7.32. The normalized spacial score (nSPS) is 15.1. The zero-order chi connectivity index (χ0) is 21.2. The van der Waals surface area contributed by atoms with E-state index in [-0.39, 0.29) is 12.5 Å². The largest absolute Gasteiger partial charge is 0.431 e. The zero-order valence-electron chi connectivity index (χ0n) is 17.8. The van der Waals surface area contributed by atoms with Crippen LogP contribution in [-0.2, 0) is 23.1 Å². The maximum atomic E-state index is 12.3. The van der Waals surface area contributed by atoms with Crippen molar-refractivity contribution in [3.05, 3.63) is 29.8 Å². The number of aryl methyl sites for hydroxylation is 1. The number of rotatable bonds is 13. The predicted molar refractivity (Wildman–Crippen MR) is 114 cm³/mol. The van der Waals surface area contributed by atoms with E-state index < -0.39 is 20.3 Å².